The molecule has 3 nitrogen and oxygen atoms in total. The zero-order valence-corrected chi connectivity index (χ0v) is 12.6. The van der Waals surface area contributed by atoms with Crippen LogP contribution in [0, 0.1) is 25.7 Å². The number of thiocarbonyl (C=S) groups is 1. The van der Waals surface area contributed by atoms with Crippen LogP contribution in [0.25, 0.3) is 0 Å². The quantitative estimate of drug-likeness (QED) is 0.496. The lowest BCUT2D eigenvalue weighted by Crippen LogP contribution is -2.36. The molecule has 2 unspecified atom stereocenters. The second-order valence-corrected chi connectivity index (χ2v) is 6.05. The van der Waals surface area contributed by atoms with Gasteiger partial charge in [0, 0.05) is 17.3 Å². The minimum Gasteiger partial charge on any atom is -0.331 e. The highest BCUT2D eigenvalue weighted by atomic mass is 32.1. The number of anilines is 1. The summed E-state index contributed by atoms with van der Waals surface area (Å²) in [5.74, 6) is 1.34. The maximum Gasteiger partial charge on any atom is 0.191 e. The number of hydrogen-bond donors (Lipinski definition) is 2. The fourth-order valence-corrected chi connectivity index (χ4v) is 3.04. The lowest BCUT2D eigenvalue weighted by Gasteiger charge is -2.31. The highest BCUT2D eigenvalue weighted by molar-refractivity contribution is 7.80. The van der Waals surface area contributed by atoms with Gasteiger partial charge in [-0.3, -0.25) is 5.43 Å². The molecule has 1 fully saturated rings. The summed E-state index contributed by atoms with van der Waals surface area (Å²) in [4.78, 5) is 0. The van der Waals surface area contributed by atoms with Crippen molar-refractivity contribution in [1.29, 1.82) is 0 Å². The van der Waals surface area contributed by atoms with Gasteiger partial charge in [-0.05, 0) is 56.5 Å². The van der Waals surface area contributed by atoms with Gasteiger partial charge in [-0.15, -0.1) is 0 Å². The largest absolute Gasteiger partial charge is 0.331 e. The van der Waals surface area contributed by atoms with Crippen LogP contribution in [0.15, 0.2) is 35.5 Å². The lowest BCUT2D eigenvalue weighted by molar-refractivity contribution is 0.444. The van der Waals surface area contributed by atoms with E-state index in [9.17, 15) is 0 Å². The van der Waals surface area contributed by atoms with Crippen LogP contribution in [0.3, 0.4) is 0 Å². The first-order chi connectivity index (χ1) is 9.63. The predicted molar refractivity (Wildman–Crippen MR) is 88.1 cm³/mol. The Kier molecular flexibility index (Phi) is 3.57. The van der Waals surface area contributed by atoms with Crippen LogP contribution in [0.4, 0.5) is 5.69 Å². The number of benzene rings is 1. The normalized spacial score (nSPS) is 25.2. The number of hydrogen-bond acceptors (Lipinski definition) is 2. The molecule has 1 aromatic carbocycles. The van der Waals surface area contributed by atoms with Crippen molar-refractivity contribution in [2.45, 2.75) is 26.7 Å². The summed E-state index contributed by atoms with van der Waals surface area (Å²) in [6, 6.07) is 6.26. The molecule has 2 atom stereocenters. The van der Waals surface area contributed by atoms with Gasteiger partial charge in [0.2, 0.25) is 0 Å². The van der Waals surface area contributed by atoms with Crippen molar-refractivity contribution in [2.75, 3.05) is 5.32 Å². The zero-order chi connectivity index (χ0) is 14.1. The molecule has 0 spiro atoms. The molecule has 0 bridgehead atoms. The summed E-state index contributed by atoms with van der Waals surface area (Å²) in [5, 5.41) is 8.17. The van der Waals surface area contributed by atoms with Crippen LogP contribution in [-0.4, -0.2) is 10.8 Å². The molecule has 0 amide bonds. The average Bonchev–Trinajstić information content (AvgIpc) is 2.75. The first-order valence-electron chi connectivity index (χ1n) is 7.01. The van der Waals surface area contributed by atoms with Crippen LogP contribution in [0.5, 0.6) is 0 Å². The molecular weight excluding hydrogens is 266 g/mol. The van der Waals surface area contributed by atoms with E-state index in [1.807, 2.05) is 6.07 Å². The maximum atomic E-state index is 5.29. The third kappa shape index (κ3) is 2.61. The minimum atomic E-state index is 0.548. The summed E-state index contributed by atoms with van der Waals surface area (Å²) < 4.78 is 0. The van der Waals surface area contributed by atoms with Crippen LogP contribution in [0.1, 0.15) is 24.0 Å². The molecule has 20 heavy (non-hydrogen) atoms. The van der Waals surface area contributed by atoms with Crippen molar-refractivity contribution in [3.63, 3.8) is 0 Å². The summed E-state index contributed by atoms with van der Waals surface area (Å²) in [6.07, 6.45) is 6.81. The third-order valence-electron chi connectivity index (χ3n) is 4.08. The van der Waals surface area contributed by atoms with E-state index in [0.717, 1.165) is 18.0 Å². The van der Waals surface area contributed by atoms with E-state index in [2.05, 4.69) is 54.0 Å². The summed E-state index contributed by atoms with van der Waals surface area (Å²) in [5.41, 5.74) is 7.64. The Morgan fingerprint density at radius 1 is 1.35 bits per heavy atom. The molecule has 0 aromatic heterocycles. The van der Waals surface area contributed by atoms with Gasteiger partial charge in [-0.2, -0.15) is 5.10 Å². The smallest absolute Gasteiger partial charge is 0.191 e. The van der Waals surface area contributed by atoms with Gasteiger partial charge < -0.3 is 5.32 Å². The summed E-state index contributed by atoms with van der Waals surface area (Å²) in [7, 11) is 0. The van der Waals surface area contributed by atoms with E-state index in [0.29, 0.717) is 11.0 Å². The van der Waals surface area contributed by atoms with E-state index in [1.54, 1.807) is 0 Å². The van der Waals surface area contributed by atoms with Crippen LogP contribution < -0.4 is 10.7 Å². The fraction of sp³-hybridized carbons (Fsp3) is 0.375. The Morgan fingerprint density at radius 2 is 2.20 bits per heavy atom. The number of hydrazone groups is 1. The van der Waals surface area contributed by atoms with E-state index in [-0.39, 0.29) is 0 Å². The van der Waals surface area contributed by atoms with Gasteiger partial charge in [0.15, 0.2) is 5.11 Å². The number of nitrogens with one attached hydrogen (secondary N) is 2. The molecule has 2 aliphatic rings. The van der Waals surface area contributed by atoms with Crippen molar-refractivity contribution < 1.29 is 0 Å². The molecular formula is C16H19N3S. The highest BCUT2D eigenvalue weighted by Crippen LogP contribution is 2.40. The Labute approximate surface area is 125 Å². The van der Waals surface area contributed by atoms with Crippen LogP contribution in [-0.2, 0) is 0 Å². The topological polar surface area (TPSA) is 36.4 Å². The standard InChI is InChI=1S/C16H19N3S/c1-10-6-7-14(11(2)8-10)17-16(20)19-18-15-9-12-4-3-5-13(12)15/h3,5-8,12-13H,4,9H2,1-2H3,(H2,17,19,20)/b18-15-. The molecule has 0 aliphatic heterocycles. The zero-order valence-electron chi connectivity index (χ0n) is 11.8. The molecule has 4 heteroatoms. The molecule has 1 saturated carbocycles. The molecule has 3 rings (SSSR count). The molecule has 0 radical (unpaired) electrons. The highest BCUT2D eigenvalue weighted by Gasteiger charge is 2.37. The summed E-state index contributed by atoms with van der Waals surface area (Å²) >= 11 is 5.29. The molecule has 1 aromatic rings. The van der Waals surface area contributed by atoms with Crippen molar-refractivity contribution in [3.8, 4) is 0 Å². The second kappa shape index (κ2) is 5.37. The Hall–Kier alpha value is -1.68. The Balaban J connectivity index is 1.57. The van der Waals surface area contributed by atoms with E-state index in [4.69, 9.17) is 12.2 Å². The molecule has 0 saturated heterocycles. The van der Waals surface area contributed by atoms with Gasteiger partial charge in [0.1, 0.15) is 0 Å². The molecule has 2 N–H and O–H groups in total. The van der Waals surface area contributed by atoms with Crippen molar-refractivity contribution in [3.05, 3.63) is 41.5 Å². The number of aryl methyl sites for hydroxylation is 2. The first kappa shape index (κ1) is 13.3. The van der Waals surface area contributed by atoms with Gasteiger partial charge >= 0.3 is 0 Å². The van der Waals surface area contributed by atoms with Crippen LogP contribution in [0.2, 0.25) is 0 Å². The number of rotatable bonds is 2. The predicted octanol–water partition coefficient (Wildman–Crippen LogP) is 3.54. The number of allylic oxidation sites excluding steroid dienone is 2. The molecule has 104 valence electrons. The van der Waals surface area contributed by atoms with Gasteiger partial charge in [0.25, 0.3) is 0 Å². The molecule has 0 heterocycles. The second-order valence-electron chi connectivity index (χ2n) is 5.64. The minimum absolute atomic E-state index is 0.548. The van der Waals surface area contributed by atoms with Gasteiger partial charge in [-0.1, -0.05) is 29.8 Å². The van der Waals surface area contributed by atoms with Crippen molar-refractivity contribution in [2.24, 2.45) is 16.9 Å². The van der Waals surface area contributed by atoms with E-state index < -0.39 is 0 Å². The first-order valence-corrected chi connectivity index (χ1v) is 7.41. The van der Waals surface area contributed by atoms with Crippen molar-refractivity contribution >= 4 is 28.7 Å². The van der Waals surface area contributed by atoms with Gasteiger partial charge in [-0.25, -0.2) is 0 Å². The maximum absolute atomic E-state index is 5.29. The number of nitrogens with zero attached hydrogens (tertiary/aromatic N) is 1. The van der Waals surface area contributed by atoms with Crippen molar-refractivity contribution in [1.82, 2.24) is 5.43 Å². The monoisotopic (exact) mass is 285 g/mol. The van der Waals surface area contributed by atoms with Gasteiger partial charge in [0.05, 0.1) is 0 Å². The van der Waals surface area contributed by atoms with E-state index in [1.165, 1.54) is 23.3 Å². The Bertz CT molecular complexity index is 604. The van der Waals surface area contributed by atoms with Crippen LogP contribution >= 0.6 is 12.2 Å². The lowest BCUT2D eigenvalue weighted by atomic mass is 9.74. The molecule has 2 aliphatic carbocycles. The Morgan fingerprint density at radius 3 is 2.95 bits per heavy atom. The van der Waals surface area contributed by atoms with E-state index >= 15 is 0 Å². The summed E-state index contributed by atoms with van der Waals surface area (Å²) in [6.45, 7) is 4.16. The SMILES string of the molecule is Cc1ccc(NC(=S)N/N=C2/CC3CC=CC23)c(C)c1. The fourth-order valence-electron chi connectivity index (χ4n) is 2.89. The number of fused-ring (bicyclic) bond motifs is 1. The third-order valence-corrected chi connectivity index (χ3v) is 4.27. The average molecular weight is 285 g/mol.